The van der Waals surface area contributed by atoms with Crippen LogP contribution in [-0.4, -0.2) is 27.7 Å². The van der Waals surface area contributed by atoms with Crippen LogP contribution in [0.2, 0.25) is 0 Å². The lowest BCUT2D eigenvalue weighted by Gasteiger charge is -2.18. The van der Waals surface area contributed by atoms with Crippen molar-refractivity contribution in [2.24, 2.45) is 0 Å². The first-order chi connectivity index (χ1) is 12.1. The second-order valence-corrected chi connectivity index (χ2v) is 7.51. The van der Waals surface area contributed by atoms with Crippen LogP contribution in [0.1, 0.15) is 38.3 Å². The molecule has 0 fully saturated rings. The Bertz CT molecular complexity index is 749. The molecular weight excluding hydrogens is 332 g/mol. The minimum atomic E-state index is 0.0811. The molecule has 0 saturated heterocycles. The summed E-state index contributed by atoms with van der Waals surface area (Å²) in [5.41, 5.74) is 2.01. The lowest BCUT2D eigenvalue weighted by Crippen LogP contribution is -2.26. The first-order valence-corrected chi connectivity index (χ1v) is 9.71. The Morgan fingerprint density at radius 2 is 2.00 bits per heavy atom. The minimum Gasteiger partial charge on any atom is -0.367 e. The van der Waals surface area contributed by atoms with Gasteiger partial charge < -0.3 is 5.32 Å². The molecule has 1 N–H and O–H groups in total. The normalized spacial score (nSPS) is 13.4. The lowest BCUT2D eigenvalue weighted by molar-refractivity contribution is -0.117. The van der Waals surface area contributed by atoms with E-state index in [4.69, 9.17) is 4.98 Å². The van der Waals surface area contributed by atoms with Crippen LogP contribution in [0.3, 0.4) is 0 Å². The SMILES string of the molecule is CCCSc1nc(NC(C)C)c2c(n1)N(Cc1ccccc1)C(=O)C2. The van der Waals surface area contributed by atoms with Crippen LogP contribution >= 0.6 is 11.8 Å². The molecule has 1 amide bonds. The highest BCUT2D eigenvalue weighted by Crippen LogP contribution is 2.35. The molecule has 0 atom stereocenters. The van der Waals surface area contributed by atoms with Gasteiger partial charge in [-0.05, 0) is 25.8 Å². The summed E-state index contributed by atoms with van der Waals surface area (Å²) in [5, 5.41) is 4.12. The molecule has 0 unspecified atom stereocenters. The Labute approximate surface area is 153 Å². The van der Waals surface area contributed by atoms with Crippen LogP contribution in [0.15, 0.2) is 35.5 Å². The van der Waals surface area contributed by atoms with Crippen LogP contribution in [0.5, 0.6) is 0 Å². The van der Waals surface area contributed by atoms with Gasteiger partial charge in [0.25, 0.3) is 0 Å². The van der Waals surface area contributed by atoms with Crippen molar-refractivity contribution in [3.05, 3.63) is 41.5 Å². The van der Waals surface area contributed by atoms with Gasteiger partial charge in [-0.1, -0.05) is 49.0 Å². The molecule has 1 aromatic carbocycles. The van der Waals surface area contributed by atoms with Crippen molar-refractivity contribution < 1.29 is 4.79 Å². The van der Waals surface area contributed by atoms with E-state index in [9.17, 15) is 4.79 Å². The summed E-state index contributed by atoms with van der Waals surface area (Å²) in [6.07, 6.45) is 1.42. The summed E-state index contributed by atoms with van der Waals surface area (Å²) in [4.78, 5) is 23.8. The van der Waals surface area contributed by atoms with E-state index >= 15 is 0 Å². The third-order valence-corrected chi connectivity index (χ3v) is 4.95. The van der Waals surface area contributed by atoms with Crippen molar-refractivity contribution in [2.45, 2.75) is 51.4 Å². The van der Waals surface area contributed by atoms with E-state index in [0.29, 0.717) is 13.0 Å². The number of amides is 1. The summed E-state index contributed by atoms with van der Waals surface area (Å²) in [5.74, 6) is 2.60. The Morgan fingerprint density at radius 3 is 2.68 bits per heavy atom. The monoisotopic (exact) mass is 356 g/mol. The summed E-state index contributed by atoms with van der Waals surface area (Å²) >= 11 is 1.64. The number of carbonyl (C=O) groups excluding carboxylic acids is 1. The van der Waals surface area contributed by atoms with Crippen molar-refractivity contribution in [1.29, 1.82) is 0 Å². The molecule has 0 aliphatic carbocycles. The zero-order chi connectivity index (χ0) is 17.8. The first kappa shape index (κ1) is 17.7. The fraction of sp³-hybridized carbons (Fsp3) is 0.421. The maximum absolute atomic E-state index is 12.6. The first-order valence-electron chi connectivity index (χ1n) is 8.73. The maximum atomic E-state index is 12.6. The Hall–Kier alpha value is -2.08. The second kappa shape index (κ2) is 7.87. The molecule has 1 aliphatic rings. The molecule has 6 heteroatoms. The average molecular weight is 356 g/mol. The molecule has 3 rings (SSSR count). The van der Waals surface area contributed by atoms with Gasteiger partial charge in [0.15, 0.2) is 5.16 Å². The standard InChI is InChI=1S/C19H24N4OS/c1-4-10-25-19-21-17(20-13(2)3)15-11-16(24)23(18(15)22-19)12-14-8-6-5-7-9-14/h5-9,13H,4,10-12H2,1-3H3,(H,20,21,22). The van der Waals surface area contributed by atoms with Crippen molar-refractivity contribution in [1.82, 2.24) is 9.97 Å². The minimum absolute atomic E-state index is 0.0811. The number of fused-ring (bicyclic) bond motifs is 1. The second-order valence-electron chi connectivity index (χ2n) is 6.45. The van der Waals surface area contributed by atoms with Crippen molar-refractivity contribution in [2.75, 3.05) is 16.0 Å². The van der Waals surface area contributed by atoms with E-state index in [2.05, 4.69) is 31.1 Å². The topological polar surface area (TPSA) is 58.1 Å². The number of aromatic nitrogens is 2. The largest absolute Gasteiger partial charge is 0.367 e. The number of hydrogen-bond acceptors (Lipinski definition) is 5. The molecule has 0 bridgehead atoms. The van der Waals surface area contributed by atoms with Gasteiger partial charge in [-0.25, -0.2) is 9.97 Å². The van der Waals surface area contributed by atoms with Gasteiger partial charge in [-0.15, -0.1) is 0 Å². The molecule has 0 saturated carbocycles. The Balaban J connectivity index is 1.96. The van der Waals surface area contributed by atoms with Gasteiger partial charge in [-0.2, -0.15) is 0 Å². The highest BCUT2D eigenvalue weighted by Gasteiger charge is 2.32. The number of benzene rings is 1. The number of rotatable bonds is 7. The summed E-state index contributed by atoms with van der Waals surface area (Å²) in [6.45, 7) is 6.83. The van der Waals surface area contributed by atoms with Gasteiger partial charge in [0, 0.05) is 17.4 Å². The van der Waals surface area contributed by atoms with E-state index in [1.54, 1.807) is 16.7 Å². The summed E-state index contributed by atoms with van der Waals surface area (Å²) in [7, 11) is 0. The van der Waals surface area contributed by atoms with Gasteiger partial charge in [0.05, 0.1) is 13.0 Å². The Morgan fingerprint density at radius 1 is 1.24 bits per heavy atom. The molecule has 25 heavy (non-hydrogen) atoms. The number of carbonyl (C=O) groups is 1. The fourth-order valence-corrected chi connectivity index (χ4v) is 3.48. The Kier molecular flexibility index (Phi) is 5.58. The van der Waals surface area contributed by atoms with E-state index in [0.717, 1.165) is 40.1 Å². The fourth-order valence-electron chi connectivity index (χ4n) is 2.78. The summed E-state index contributed by atoms with van der Waals surface area (Å²) in [6, 6.07) is 10.3. The van der Waals surface area contributed by atoms with E-state index in [-0.39, 0.29) is 11.9 Å². The molecule has 2 aromatic rings. The molecule has 2 heterocycles. The van der Waals surface area contributed by atoms with E-state index in [1.165, 1.54) is 0 Å². The van der Waals surface area contributed by atoms with Crippen LogP contribution in [0.4, 0.5) is 11.6 Å². The number of nitrogens with one attached hydrogen (secondary N) is 1. The highest BCUT2D eigenvalue weighted by atomic mass is 32.2. The zero-order valence-corrected chi connectivity index (χ0v) is 15.8. The maximum Gasteiger partial charge on any atom is 0.233 e. The molecule has 0 spiro atoms. The lowest BCUT2D eigenvalue weighted by atomic mass is 10.2. The third-order valence-electron chi connectivity index (χ3n) is 3.89. The summed E-state index contributed by atoms with van der Waals surface area (Å²) < 4.78 is 0. The number of anilines is 2. The molecule has 1 aliphatic heterocycles. The molecule has 132 valence electrons. The van der Waals surface area contributed by atoms with Gasteiger partial charge in [0.2, 0.25) is 5.91 Å². The molecule has 0 radical (unpaired) electrons. The van der Waals surface area contributed by atoms with Gasteiger partial charge in [-0.3, -0.25) is 9.69 Å². The molecular formula is C19H24N4OS. The number of nitrogens with zero attached hydrogens (tertiary/aromatic N) is 3. The smallest absolute Gasteiger partial charge is 0.233 e. The van der Waals surface area contributed by atoms with E-state index < -0.39 is 0 Å². The average Bonchev–Trinajstić information content (AvgIpc) is 2.90. The van der Waals surface area contributed by atoms with Gasteiger partial charge in [0.1, 0.15) is 11.6 Å². The van der Waals surface area contributed by atoms with Crippen LogP contribution in [-0.2, 0) is 17.8 Å². The third kappa shape index (κ3) is 4.12. The van der Waals surface area contributed by atoms with Crippen molar-refractivity contribution >= 4 is 29.3 Å². The highest BCUT2D eigenvalue weighted by molar-refractivity contribution is 7.99. The van der Waals surface area contributed by atoms with Gasteiger partial charge >= 0.3 is 0 Å². The zero-order valence-electron chi connectivity index (χ0n) is 15.0. The van der Waals surface area contributed by atoms with Crippen molar-refractivity contribution in [3.8, 4) is 0 Å². The quantitative estimate of drug-likeness (QED) is 0.602. The van der Waals surface area contributed by atoms with Crippen molar-refractivity contribution in [3.63, 3.8) is 0 Å². The molecule has 1 aromatic heterocycles. The number of hydrogen-bond donors (Lipinski definition) is 1. The predicted octanol–water partition coefficient (Wildman–Crippen LogP) is 3.89. The molecule has 5 nitrogen and oxygen atoms in total. The van der Waals surface area contributed by atoms with E-state index in [1.807, 2.05) is 30.3 Å². The van der Waals surface area contributed by atoms with Crippen LogP contribution in [0, 0.1) is 0 Å². The van der Waals surface area contributed by atoms with Crippen LogP contribution in [0.25, 0.3) is 0 Å². The van der Waals surface area contributed by atoms with Crippen LogP contribution < -0.4 is 10.2 Å². The predicted molar refractivity (Wildman–Crippen MR) is 103 cm³/mol. The number of thioether (sulfide) groups is 1.